The average molecular weight is 331 g/mol. The van der Waals surface area contributed by atoms with Gasteiger partial charge in [-0.05, 0) is 18.4 Å². The molecule has 24 heavy (non-hydrogen) atoms. The summed E-state index contributed by atoms with van der Waals surface area (Å²) in [5.41, 5.74) is 2.80. The van der Waals surface area contributed by atoms with Crippen molar-refractivity contribution in [3.63, 3.8) is 0 Å². The third-order valence-electron chi connectivity index (χ3n) is 3.96. The van der Waals surface area contributed by atoms with Crippen LogP contribution in [0.2, 0.25) is 0 Å². The summed E-state index contributed by atoms with van der Waals surface area (Å²) in [7, 11) is 0. The lowest BCUT2D eigenvalue weighted by atomic mass is 10.0. The number of aliphatic hydroxyl groups is 1. The summed E-state index contributed by atoms with van der Waals surface area (Å²) < 4.78 is 5.30. The molecule has 1 aromatic heterocycles. The summed E-state index contributed by atoms with van der Waals surface area (Å²) in [4.78, 5) is 12.2. The molecule has 0 fully saturated rings. The molecule has 130 valence electrons. The first-order valence-corrected chi connectivity index (χ1v) is 8.36. The van der Waals surface area contributed by atoms with Gasteiger partial charge in [-0.2, -0.15) is 0 Å². The highest BCUT2D eigenvalue weighted by atomic mass is 16.5. The number of carbonyl (C=O) groups excluding carboxylic acids is 1. The van der Waals surface area contributed by atoms with E-state index in [2.05, 4.69) is 15.8 Å². The Hall–Kier alpha value is -2.34. The highest BCUT2D eigenvalue weighted by Crippen LogP contribution is 2.17. The van der Waals surface area contributed by atoms with Crippen LogP contribution in [0.5, 0.6) is 0 Å². The summed E-state index contributed by atoms with van der Waals surface area (Å²) in [6.45, 7) is 4.39. The van der Waals surface area contributed by atoms with Crippen LogP contribution >= 0.6 is 0 Å². The van der Waals surface area contributed by atoms with Gasteiger partial charge in [-0.25, -0.2) is 4.79 Å². The smallest absolute Gasteiger partial charge is 0.315 e. The number of aryl methyl sites for hydroxylation is 2. The topological polar surface area (TPSA) is 87.4 Å². The summed E-state index contributed by atoms with van der Waals surface area (Å²) in [5, 5.41) is 19.0. The third kappa shape index (κ3) is 4.58. The van der Waals surface area contributed by atoms with Crippen molar-refractivity contribution in [3.05, 3.63) is 52.9 Å². The lowest BCUT2D eigenvalue weighted by molar-refractivity contribution is 0.229. The summed E-state index contributed by atoms with van der Waals surface area (Å²) >= 11 is 0. The zero-order chi connectivity index (χ0) is 17.4. The molecule has 2 rings (SSSR count). The molecular formula is C18H25N3O3. The van der Waals surface area contributed by atoms with Gasteiger partial charge >= 0.3 is 6.03 Å². The van der Waals surface area contributed by atoms with E-state index in [1.807, 2.05) is 44.2 Å². The van der Waals surface area contributed by atoms with Crippen LogP contribution in [0.1, 0.15) is 48.9 Å². The highest BCUT2D eigenvalue weighted by Gasteiger charge is 2.17. The number of aromatic nitrogens is 1. The van der Waals surface area contributed by atoms with Gasteiger partial charge in [0.2, 0.25) is 0 Å². The Bertz CT molecular complexity index is 619. The summed E-state index contributed by atoms with van der Waals surface area (Å²) in [5.74, 6) is 0.808. The van der Waals surface area contributed by atoms with Gasteiger partial charge in [0, 0.05) is 25.1 Å². The molecule has 0 saturated heterocycles. The number of rotatable bonds is 8. The minimum Gasteiger partial charge on any atom is -0.396 e. The minimum absolute atomic E-state index is 0.00541. The summed E-state index contributed by atoms with van der Waals surface area (Å²) in [6.07, 6.45) is 1.97. The fraction of sp³-hybridized carbons (Fsp3) is 0.444. The van der Waals surface area contributed by atoms with E-state index in [1.165, 1.54) is 0 Å². The van der Waals surface area contributed by atoms with Crippen molar-refractivity contribution < 1.29 is 14.4 Å². The molecular weight excluding hydrogens is 306 g/mol. The number of nitrogens with zero attached hydrogens (tertiary/aromatic N) is 1. The van der Waals surface area contributed by atoms with Crippen molar-refractivity contribution in [2.75, 3.05) is 6.61 Å². The van der Waals surface area contributed by atoms with E-state index >= 15 is 0 Å². The number of benzene rings is 1. The number of hydrogen-bond donors (Lipinski definition) is 3. The molecule has 0 unspecified atom stereocenters. The average Bonchev–Trinajstić information content (AvgIpc) is 3.02. The Kier molecular flexibility index (Phi) is 6.81. The van der Waals surface area contributed by atoms with Gasteiger partial charge in [0.1, 0.15) is 5.76 Å². The monoisotopic (exact) mass is 331 g/mol. The number of carbonyl (C=O) groups is 1. The van der Waals surface area contributed by atoms with E-state index in [1.54, 1.807) is 0 Å². The van der Waals surface area contributed by atoms with Crippen molar-refractivity contribution in [3.8, 4) is 0 Å². The molecule has 1 heterocycles. The number of urea groups is 1. The Morgan fingerprint density at radius 3 is 2.62 bits per heavy atom. The fourth-order valence-electron chi connectivity index (χ4n) is 2.65. The highest BCUT2D eigenvalue weighted by molar-refractivity contribution is 5.74. The number of hydrogen-bond acceptors (Lipinski definition) is 4. The lowest BCUT2D eigenvalue weighted by Gasteiger charge is -2.18. The SMILES string of the molecule is CCc1noc(CC)c1CNC(=O)N[C@H](CCO)c1ccccc1. The molecule has 0 aliphatic heterocycles. The molecule has 0 aliphatic carbocycles. The molecule has 0 radical (unpaired) electrons. The van der Waals surface area contributed by atoms with E-state index in [-0.39, 0.29) is 18.7 Å². The van der Waals surface area contributed by atoms with Gasteiger partial charge in [-0.1, -0.05) is 49.3 Å². The van der Waals surface area contributed by atoms with Gasteiger partial charge in [0.15, 0.2) is 0 Å². The summed E-state index contributed by atoms with van der Waals surface area (Å²) in [6, 6.07) is 9.12. The predicted octanol–water partition coefficient (Wildman–Crippen LogP) is 2.72. The standard InChI is InChI=1S/C18H25N3O3/c1-3-15-14(17(4-2)24-21-15)12-19-18(23)20-16(10-11-22)13-8-6-5-7-9-13/h5-9,16,22H,3-4,10-12H2,1-2H3,(H2,19,20,23)/t16-/m1/s1. The first kappa shape index (κ1) is 18.0. The van der Waals surface area contributed by atoms with E-state index in [9.17, 15) is 9.90 Å². The quantitative estimate of drug-likeness (QED) is 0.694. The molecule has 0 aliphatic rings. The van der Waals surface area contributed by atoms with Crippen LogP contribution in [0.4, 0.5) is 4.79 Å². The van der Waals surface area contributed by atoms with Crippen LogP contribution in [0.15, 0.2) is 34.9 Å². The van der Waals surface area contributed by atoms with Crippen molar-refractivity contribution >= 4 is 6.03 Å². The maximum Gasteiger partial charge on any atom is 0.315 e. The molecule has 6 nitrogen and oxygen atoms in total. The van der Waals surface area contributed by atoms with Crippen molar-refractivity contribution in [1.82, 2.24) is 15.8 Å². The molecule has 3 N–H and O–H groups in total. The Balaban J connectivity index is 1.98. The molecule has 0 bridgehead atoms. The van der Waals surface area contributed by atoms with Gasteiger partial charge in [-0.3, -0.25) is 0 Å². The second-order valence-corrected chi connectivity index (χ2v) is 5.54. The Labute approximate surface area is 142 Å². The number of nitrogens with one attached hydrogen (secondary N) is 2. The first-order chi connectivity index (χ1) is 11.7. The molecule has 0 spiro atoms. The van der Waals surface area contributed by atoms with Gasteiger partial charge < -0.3 is 20.3 Å². The van der Waals surface area contributed by atoms with Crippen LogP contribution in [0, 0.1) is 0 Å². The van der Waals surface area contributed by atoms with Crippen LogP contribution in [0.3, 0.4) is 0 Å². The van der Waals surface area contributed by atoms with Crippen LogP contribution in [-0.4, -0.2) is 22.9 Å². The molecule has 1 atom stereocenters. The van der Waals surface area contributed by atoms with E-state index in [0.717, 1.165) is 35.4 Å². The zero-order valence-electron chi connectivity index (χ0n) is 14.2. The number of amides is 2. The second kappa shape index (κ2) is 9.08. The zero-order valence-corrected chi connectivity index (χ0v) is 14.2. The molecule has 1 aromatic carbocycles. The Morgan fingerprint density at radius 1 is 1.25 bits per heavy atom. The van der Waals surface area contributed by atoms with E-state index in [0.29, 0.717) is 13.0 Å². The van der Waals surface area contributed by atoms with Crippen LogP contribution in [-0.2, 0) is 19.4 Å². The molecule has 2 amide bonds. The second-order valence-electron chi connectivity index (χ2n) is 5.54. The van der Waals surface area contributed by atoms with Crippen LogP contribution < -0.4 is 10.6 Å². The Morgan fingerprint density at radius 2 is 2.00 bits per heavy atom. The van der Waals surface area contributed by atoms with E-state index in [4.69, 9.17) is 4.52 Å². The van der Waals surface area contributed by atoms with E-state index < -0.39 is 0 Å². The van der Waals surface area contributed by atoms with Gasteiger partial charge in [-0.15, -0.1) is 0 Å². The van der Waals surface area contributed by atoms with Gasteiger partial charge in [0.05, 0.1) is 11.7 Å². The maximum absolute atomic E-state index is 12.2. The largest absolute Gasteiger partial charge is 0.396 e. The first-order valence-electron chi connectivity index (χ1n) is 8.36. The van der Waals surface area contributed by atoms with Gasteiger partial charge in [0.25, 0.3) is 0 Å². The predicted molar refractivity (Wildman–Crippen MR) is 91.5 cm³/mol. The third-order valence-corrected chi connectivity index (χ3v) is 3.96. The van der Waals surface area contributed by atoms with Crippen molar-refractivity contribution in [1.29, 1.82) is 0 Å². The van der Waals surface area contributed by atoms with Crippen molar-refractivity contribution in [2.24, 2.45) is 0 Å². The maximum atomic E-state index is 12.2. The molecule has 2 aromatic rings. The fourth-order valence-corrected chi connectivity index (χ4v) is 2.65. The van der Waals surface area contributed by atoms with Crippen LogP contribution in [0.25, 0.3) is 0 Å². The molecule has 6 heteroatoms. The lowest BCUT2D eigenvalue weighted by Crippen LogP contribution is -2.38. The number of aliphatic hydroxyl groups excluding tert-OH is 1. The minimum atomic E-state index is -0.275. The van der Waals surface area contributed by atoms with Crippen molar-refractivity contribution in [2.45, 2.75) is 45.7 Å². The molecule has 0 saturated carbocycles. The normalized spacial score (nSPS) is 12.0.